The molecule has 1 unspecified atom stereocenters. The van der Waals surface area contributed by atoms with Gasteiger partial charge < -0.3 is 19.6 Å². The molecule has 6 heteroatoms. The zero-order valence-electron chi connectivity index (χ0n) is 12.1. The van der Waals surface area contributed by atoms with E-state index in [-0.39, 0.29) is 24.7 Å². The van der Waals surface area contributed by atoms with E-state index < -0.39 is 5.97 Å². The van der Waals surface area contributed by atoms with E-state index >= 15 is 0 Å². The van der Waals surface area contributed by atoms with Gasteiger partial charge in [-0.15, -0.1) is 0 Å². The summed E-state index contributed by atoms with van der Waals surface area (Å²) in [7, 11) is 1.66. The normalized spacial score (nSPS) is 23.9. The van der Waals surface area contributed by atoms with Crippen LogP contribution >= 0.6 is 0 Å². The average molecular weight is 284 g/mol. The average Bonchev–Trinajstić information content (AvgIpc) is 2.98. The van der Waals surface area contributed by atoms with Crippen LogP contribution in [-0.2, 0) is 9.53 Å². The number of carboxylic acids is 1. The van der Waals surface area contributed by atoms with E-state index in [9.17, 15) is 9.59 Å². The molecular formula is C14H24N2O4. The summed E-state index contributed by atoms with van der Waals surface area (Å²) in [6.07, 6.45) is 5.94. The molecule has 114 valence electrons. The van der Waals surface area contributed by atoms with Crippen molar-refractivity contribution in [2.24, 2.45) is 0 Å². The number of methoxy groups -OCH3 is 1. The van der Waals surface area contributed by atoms with Crippen LogP contribution in [-0.4, -0.2) is 65.8 Å². The third-order valence-corrected chi connectivity index (χ3v) is 4.30. The molecule has 1 N–H and O–H groups in total. The third-order valence-electron chi connectivity index (χ3n) is 4.30. The van der Waals surface area contributed by atoms with E-state index in [1.54, 1.807) is 16.9 Å². The molecule has 1 heterocycles. The highest BCUT2D eigenvalue weighted by Gasteiger charge is 2.33. The molecule has 1 aliphatic carbocycles. The lowest BCUT2D eigenvalue weighted by molar-refractivity contribution is -0.138. The SMILES string of the molecule is COC1CCCN(C(=O)N(CC(=O)O)C2CCCC2)C1. The number of likely N-dealkylation sites (tertiary alicyclic amines) is 1. The van der Waals surface area contributed by atoms with E-state index in [2.05, 4.69) is 0 Å². The summed E-state index contributed by atoms with van der Waals surface area (Å²) in [6, 6.07) is -0.0532. The molecule has 2 rings (SSSR count). The number of urea groups is 1. The standard InChI is InChI=1S/C14H24N2O4/c1-20-12-7-4-8-15(9-12)14(19)16(10-13(17)18)11-5-2-3-6-11/h11-12H,2-10H2,1H3,(H,17,18). The smallest absolute Gasteiger partial charge is 0.323 e. The van der Waals surface area contributed by atoms with Crippen molar-refractivity contribution in [1.29, 1.82) is 0 Å². The van der Waals surface area contributed by atoms with Crippen LogP contribution in [0.3, 0.4) is 0 Å². The number of carbonyl (C=O) groups excluding carboxylic acids is 1. The van der Waals surface area contributed by atoms with E-state index in [0.29, 0.717) is 13.1 Å². The number of amides is 2. The van der Waals surface area contributed by atoms with Gasteiger partial charge in [0, 0.05) is 26.2 Å². The van der Waals surface area contributed by atoms with Crippen LogP contribution in [0, 0.1) is 0 Å². The van der Waals surface area contributed by atoms with Gasteiger partial charge in [-0.3, -0.25) is 4.79 Å². The molecule has 0 bridgehead atoms. The van der Waals surface area contributed by atoms with Crippen LogP contribution in [0.15, 0.2) is 0 Å². The first-order chi connectivity index (χ1) is 9.61. The first-order valence-corrected chi connectivity index (χ1v) is 7.42. The van der Waals surface area contributed by atoms with E-state index in [4.69, 9.17) is 9.84 Å². The summed E-state index contributed by atoms with van der Waals surface area (Å²) in [4.78, 5) is 27.0. The minimum Gasteiger partial charge on any atom is -0.480 e. The molecule has 1 aliphatic heterocycles. The molecule has 0 aromatic rings. The number of nitrogens with zero attached hydrogens (tertiary/aromatic N) is 2. The lowest BCUT2D eigenvalue weighted by atomic mass is 10.1. The summed E-state index contributed by atoms with van der Waals surface area (Å²) >= 11 is 0. The molecule has 2 aliphatic rings. The van der Waals surface area contributed by atoms with Crippen molar-refractivity contribution in [3.8, 4) is 0 Å². The summed E-state index contributed by atoms with van der Waals surface area (Å²) < 4.78 is 5.33. The maximum absolute atomic E-state index is 12.6. The molecule has 6 nitrogen and oxygen atoms in total. The molecule has 0 radical (unpaired) electrons. The van der Waals surface area contributed by atoms with Crippen molar-refractivity contribution in [3.05, 3.63) is 0 Å². The Morgan fingerprint density at radius 2 is 1.95 bits per heavy atom. The summed E-state index contributed by atoms with van der Waals surface area (Å²) in [5, 5.41) is 9.05. The molecule has 2 amide bonds. The molecular weight excluding hydrogens is 260 g/mol. The van der Waals surface area contributed by atoms with E-state index in [1.165, 1.54) is 0 Å². The highest BCUT2D eigenvalue weighted by atomic mass is 16.5. The first kappa shape index (κ1) is 15.1. The molecule has 2 fully saturated rings. The van der Waals surface area contributed by atoms with Gasteiger partial charge in [0.1, 0.15) is 6.54 Å². The molecule has 1 saturated carbocycles. The van der Waals surface area contributed by atoms with E-state index in [1.807, 2.05) is 0 Å². The first-order valence-electron chi connectivity index (χ1n) is 7.42. The zero-order valence-corrected chi connectivity index (χ0v) is 12.1. The molecule has 1 saturated heterocycles. The number of rotatable bonds is 4. The Hall–Kier alpha value is -1.30. The van der Waals surface area contributed by atoms with Crippen molar-refractivity contribution in [3.63, 3.8) is 0 Å². The van der Waals surface area contributed by atoms with Crippen molar-refractivity contribution in [1.82, 2.24) is 9.80 Å². The molecule has 0 aromatic carbocycles. The number of hydrogen-bond donors (Lipinski definition) is 1. The maximum Gasteiger partial charge on any atom is 0.323 e. The maximum atomic E-state index is 12.6. The van der Waals surface area contributed by atoms with Gasteiger partial charge in [0.05, 0.1) is 6.10 Å². The van der Waals surface area contributed by atoms with Crippen molar-refractivity contribution < 1.29 is 19.4 Å². The fraction of sp³-hybridized carbons (Fsp3) is 0.857. The van der Waals surface area contributed by atoms with Crippen molar-refractivity contribution >= 4 is 12.0 Å². The second kappa shape index (κ2) is 6.92. The fourth-order valence-electron chi connectivity index (χ4n) is 3.20. The Bertz CT molecular complexity index is 355. The molecule has 0 aromatic heterocycles. The van der Waals surface area contributed by atoms with Crippen molar-refractivity contribution in [2.75, 3.05) is 26.7 Å². The monoisotopic (exact) mass is 284 g/mol. The van der Waals surface area contributed by atoms with Gasteiger partial charge in [-0.1, -0.05) is 12.8 Å². The quantitative estimate of drug-likeness (QED) is 0.850. The van der Waals surface area contributed by atoms with E-state index in [0.717, 1.165) is 38.5 Å². The molecule has 20 heavy (non-hydrogen) atoms. The van der Waals surface area contributed by atoms with Crippen LogP contribution in [0.1, 0.15) is 38.5 Å². The van der Waals surface area contributed by atoms with Crippen LogP contribution in [0.2, 0.25) is 0 Å². The Morgan fingerprint density at radius 3 is 2.55 bits per heavy atom. The Balaban J connectivity index is 2.02. The van der Waals surface area contributed by atoms with Gasteiger partial charge >= 0.3 is 12.0 Å². The Kier molecular flexibility index (Phi) is 5.23. The van der Waals surface area contributed by atoms with Gasteiger partial charge in [-0.2, -0.15) is 0 Å². The van der Waals surface area contributed by atoms with Crippen LogP contribution in [0.25, 0.3) is 0 Å². The minimum absolute atomic E-state index is 0.0722. The Labute approximate surface area is 119 Å². The number of carboxylic acid groups (broad SMARTS) is 1. The predicted octanol–water partition coefficient (Wildman–Crippen LogP) is 1.55. The van der Waals surface area contributed by atoms with Gasteiger partial charge in [-0.05, 0) is 25.7 Å². The third kappa shape index (κ3) is 3.62. The second-order valence-electron chi connectivity index (χ2n) is 5.69. The lowest BCUT2D eigenvalue weighted by Gasteiger charge is -2.37. The van der Waals surface area contributed by atoms with Crippen LogP contribution in [0.4, 0.5) is 4.79 Å². The topological polar surface area (TPSA) is 70.1 Å². The van der Waals surface area contributed by atoms with Gasteiger partial charge in [-0.25, -0.2) is 4.79 Å². The Morgan fingerprint density at radius 1 is 1.25 bits per heavy atom. The number of ether oxygens (including phenoxy) is 1. The molecule has 1 atom stereocenters. The molecule has 0 spiro atoms. The largest absolute Gasteiger partial charge is 0.480 e. The lowest BCUT2D eigenvalue weighted by Crippen LogP contribution is -2.53. The van der Waals surface area contributed by atoms with Crippen LogP contribution in [0.5, 0.6) is 0 Å². The summed E-state index contributed by atoms with van der Waals surface area (Å²) in [6.45, 7) is 1.07. The number of hydrogen-bond acceptors (Lipinski definition) is 3. The van der Waals surface area contributed by atoms with Gasteiger partial charge in [0.25, 0.3) is 0 Å². The second-order valence-corrected chi connectivity index (χ2v) is 5.69. The van der Waals surface area contributed by atoms with Crippen LogP contribution < -0.4 is 0 Å². The summed E-state index contributed by atoms with van der Waals surface area (Å²) in [5.74, 6) is -0.939. The van der Waals surface area contributed by atoms with Gasteiger partial charge in [0.2, 0.25) is 0 Å². The zero-order chi connectivity index (χ0) is 14.5. The number of aliphatic carboxylic acids is 1. The summed E-state index contributed by atoms with van der Waals surface area (Å²) in [5.41, 5.74) is 0. The predicted molar refractivity (Wildman–Crippen MR) is 73.6 cm³/mol. The minimum atomic E-state index is -0.939. The fourth-order valence-corrected chi connectivity index (χ4v) is 3.20. The highest BCUT2D eigenvalue weighted by molar-refractivity contribution is 5.80. The van der Waals surface area contributed by atoms with Gasteiger partial charge in [0.15, 0.2) is 0 Å². The number of piperidine rings is 1. The highest BCUT2D eigenvalue weighted by Crippen LogP contribution is 2.25. The van der Waals surface area contributed by atoms with Crippen molar-refractivity contribution in [2.45, 2.75) is 50.7 Å². The number of carbonyl (C=O) groups is 2.